The highest BCUT2D eigenvalue weighted by atomic mass is 19.1. The minimum atomic E-state index is -0.747. The first-order valence-electron chi connectivity index (χ1n) is 26.3. The third-order valence-corrected chi connectivity index (χ3v) is 16.8. The van der Waals surface area contributed by atoms with Crippen LogP contribution in [0.3, 0.4) is 0 Å². The maximum Gasteiger partial charge on any atom is 0.328 e. The van der Waals surface area contributed by atoms with Crippen molar-refractivity contribution < 1.29 is 37.4 Å². The predicted octanol–water partition coefficient (Wildman–Crippen LogP) is 7.39. The van der Waals surface area contributed by atoms with E-state index in [4.69, 9.17) is 16.1 Å². The minimum Gasteiger partial charge on any atom is -0.508 e. The normalized spacial score (nSPS) is 22.1. The van der Waals surface area contributed by atoms with Gasteiger partial charge in [-0.25, -0.2) is 18.0 Å². The molecule has 4 amide bonds. The molecule has 2 unspecified atom stereocenters. The van der Waals surface area contributed by atoms with Crippen molar-refractivity contribution in [3.05, 3.63) is 76.7 Å². The summed E-state index contributed by atoms with van der Waals surface area (Å²) in [5, 5.41) is 17.8. The number of imide groups is 1. The molecule has 5 aliphatic heterocycles. The molecule has 388 valence electrons. The number of anilines is 2. The predicted molar refractivity (Wildman–Crippen MR) is 276 cm³/mol. The van der Waals surface area contributed by atoms with Gasteiger partial charge in [-0.1, -0.05) is 18.9 Å². The van der Waals surface area contributed by atoms with Crippen LogP contribution in [0.5, 0.6) is 11.8 Å². The third kappa shape index (κ3) is 9.81. The lowest BCUT2D eigenvalue weighted by Crippen LogP contribution is -2.51. The van der Waals surface area contributed by atoms with Crippen LogP contribution >= 0.6 is 0 Å². The number of aryl methyl sites for hydroxylation is 1. The summed E-state index contributed by atoms with van der Waals surface area (Å²) in [6.45, 7) is 12.6. The van der Waals surface area contributed by atoms with Crippen LogP contribution in [-0.2, 0) is 4.79 Å². The Morgan fingerprint density at radius 2 is 1.65 bits per heavy atom. The second kappa shape index (κ2) is 20.3. The summed E-state index contributed by atoms with van der Waals surface area (Å²) >= 11 is 0. The molecule has 3 N–H and O–H groups in total. The molecule has 18 heteroatoms. The van der Waals surface area contributed by atoms with Crippen molar-refractivity contribution in [3.8, 4) is 35.4 Å². The number of rotatable bonds is 11. The number of hydrogen-bond acceptors (Lipinski definition) is 12. The van der Waals surface area contributed by atoms with Crippen molar-refractivity contribution in [1.82, 2.24) is 40.3 Å². The first-order chi connectivity index (χ1) is 35.7. The van der Waals surface area contributed by atoms with Gasteiger partial charge in [0.25, 0.3) is 5.91 Å². The number of terminal acetylenes is 1. The fourth-order valence-electron chi connectivity index (χ4n) is 12.7. The lowest BCUT2D eigenvalue weighted by molar-refractivity contribution is -0.120. The number of amides is 4. The van der Waals surface area contributed by atoms with E-state index in [-0.39, 0.29) is 93.2 Å². The monoisotopic (exact) mass is 1010 g/mol. The van der Waals surface area contributed by atoms with E-state index in [2.05, 4.69) is 48.1 Å². The molecular formula is C56H63F3N10O5. The number of piperazine rings is 2. The number of pyridine rings is 1. The van der Waals surface area contributed by atoms with Gasteiger partial charge >= 0.3 is 12.0 Å². The Balaban J connectivity index is 0.685. The van der Waals surface area contributed by atoms with E-state index in [1.165, 1.54) is 41.3 Å². The summed E-state index contributed by atoms with van der Waals surface area (Å²) in [4.78, 5) is 62.5. The molecule has 15 nitrogen and oxygen atoms in total. The zero-order valence-electron chi connectivity index (χ0n) is 42.1. The Morgan fingerprint density at radius 3 is 2.36 bits per heavy atom. The summed E-state index contributed by atoms with van der Waals surface area (Å²) in [6.07, 6.45) is 15.8. The molecule has 11 rings (SSSR count). The number of ether oxygens (including phenoxy) is 1. The highest BCUT2D eigenvalue weighted by Crippen LogP contribution is 2.47. The number of carbonyl (C=O) groups is 3. The number of fused-ring (bicyclic) bond motifs is 4. The molecule has 7 heterocycles. The number of benzene rings is 3. The lowest BCUT2D eigenvalue weighted by Gasteiger charge is -2.47. The summed E-state index contributed by atoms with van der Waals surface area (Å²) in [7, 11) is 0. The molecule has 2 aromatic heterocycles. The number of nitrogens with one attached hydrogen (secondary N) is 2. The molecule has 2 bridgehead atoms. The number of likely N-dealkylation sites (tertiary alicyclic amines) is 1. The molecule has 0 radical (unpaired) electrons. The van der Waals surface area contributed by atoms with E-state index in [0.717, 1.165) is 90.6 Å². The molecule has 6 aliphatic rings. The van der Waals surface area contributed by atoms with Crippen LogP contribution in [0.25, 0.3) is 32.9 Å². The fourth-order valence-corrected chi connectivity index (χ4v) is 12.7. The highest BCUT2D eigenvalue weighted by molar-refractivity contribution is 6.07. The molecule has 1 spiro atoms. The zero-order valence-corrected chi connectivity index (χ0v) is 42.1. The van der Waals surface area contributed by atoms with E-state index in [1.807, 2.05) is 0 Å². The van der Waals surface area contributed by atoms with Gasteiger partial charge in [-0.05, 0) is 111 Å². The van der Waals surface area contributed by atoms with E-state index < -0.39 is 23.5 Å². The summed E-state index contributed by atoms with van der Waals surface area (Å²) in [6, 6.07) is 8.36. The average Bonchev–Trinajstić information content (AvgIpc) is 3.74. The Kier molecular flexibility index (Phi) is 13.6. The number of aromatic nitrogens is 3. The van der Waals surface area contributed by atoms with Gasteiger partial charge < -0.3 is 34.8 Å². The Hall–Kier alpha value is -6.55. The molecule has 3 atom stereocenters. The number of phenols is 1. The van der Waals surface area contributed by atoms with Gasteiger partial charge in [0.15, 0.2) is 5.82 Å². The van der Waals surface area contributed by atoms with Gasteiger partial charge in [-0.2, -0.15) is 9.97 Å². The largest absolute Gasteiger partial charge is 0.508 e. The number of phenolic OH excluding ortho intramolecular Hbond substituents is 1. The van der Waals surface area contributed by atoms with Crippen LogP contribution in [0.15, 0.2) is 42.6 Å². The molecule has 5 aromatic rings. The van der Waals surface area contributed by atoms with E-state index in [0.29, 0.717) is 66.5 Å². The van der Waals surface area contributed by atoms with Gasteiger partial charge in [0.05, 0.1) is 23.1 Å². The maximum atomic E-state index is 17.1. The van der Waals surface area contributed by atoms with Crippen molar-refractivity contribution in [2.45, 2.75) is 83.7 Å². The Bertz CT molecular complexity index is 3060. The van der Waals surface area contributed by atoms with Crippen molar-refractivity contribution in [2.75, 3.05) is 88.4 Å². The molecule has 3 aromatic carbocycles. The van der Waals surface area contributed by atoms with E-state index in [1.54, 1.807) is 18.0 Å². The van der Waals surface area contributed by atoms with Gasteiger partial charge in [-0.3, -0.25) is 24.8 Å². The fraction of sp³-hybridized carbons (Fsp3) is 0.500. The third-order valence-electron chi connectivity index (χ3n) is 16.8. The molecule has 1 aliphatic carbocycles. The number of urea groups is 1. The topological polar surface area (TPSA) is 160 Å². The SMILES string of the molecule is C#Cc1c(F)ccc2cc(O)cc(-c3ncc4c(N5CC6CCC(C5)N6)nc(OC[C@H](C)CN5CCN(CC6CCC7(CC6)CCN(C(=O)c6cc(N8CCC(=O)NC8=O)c(C)cc6F)CC7)CC5)nc4c3F)c12. The van der Waals surface area contributed by atoms with Gasteiger partial charge in [0.1, 0.15) is 34.4 Å². The van der Waals surface area contributed by atoms with Crippen molar-refractivity contribution in [1.29, 1.82) is 0 Å². The smallest absolute Gasteiger partial charge is 0.328 e. The standard InChI is InChI=1S/C56H63F3N10O5/c1-4-40-44(57)8-5-36-24-39(70)25-42(48(36)40)50-49(59)51-43(27-60-50)52(68-30-37-6-7-38(31-68)61-37)64-54(63-51)74-32-33(2)28-65-19-21-66(22-20-65)29-35-9-12-56(13-10-35)14-17-67(18-15-56)53(72)41-26-46(34(3)23-45(41)58)69-16-11-47(71)62-55(69)73/h1,5,8,23-27,33,35,37-38,61,70H,6-7,9-22,28-32H2,2-3H3,(H,62,71,73)/t33-,37?,38?/m1/s1. The van der Waals surface area contributed by atoms with Gasteiger partial charge in [0.2, 0.25) is 5.91 Å². The number of nitrogens with zero attached hydrogens (tertiary/aromatic N) is 8. The lowest BCUT2D eigenvalue weighted by atomic mass is 9.65. The zero-order chi connectivity index (χ0) is 51.4. The van der Waals surface area contributed by atoms with Crippen molar-refractivity contribution in [2.24, 2.45) is 17.3 Å². The molecule has 1 saturated carbocycles. The summed E-state index contributed by atoms with van der Waals surface area (Å²) in [5.41, 5.74) is 1.11. The Labute approximate surface area is 428 Å². The van der Waals surface area contributed by atoms with Crippen LogP contribution in [0.2, 0.25) is 0 Å². The van der Waals surface area contributed by atoms with Gasteiger partial charge in [0, 0.05) is 119 Å². The summed E-state index contributed by atoms with van der Waals surface area (Å²) in [5.74, 6) is 0.839. The first kappa shape index (κ1) is 49.7. The number of hydrogen-bond donors (Lipinski definition) is 3. The minimum absolute atomic E-state index is 0.0185. The number of aromatic hydroxyl groups is 1. The second-order valence-corrected chi connectivity index (χ2v) is 21.8. The van der Waals surface area contributed by atoms with Crippen LogP contribution in [0.1, 0.15) is 86.2 Å². The van der Waals surface area contributed by atoms with Crippen molar-refractivity contribution >= 4 is 51.0 Å². The first-order valence-corrected chi connectivity index (χ1v) is 26.3. The Morgan fingerprint density at radius 1 is 0.919 bits per heavy atom. The average molecular weight is 1010 g/mol. The number of halogens is 3. The van der Waals surface area contributed by atoms with Crippen LogP contribution < -0.4 is 25.2 Å². The number of piperidine rings is 1. The van der Waals surface area contributed by atoms with Crippen LogP contribution in [-0.4, -0.2) is 143 Å². The maximum absolute atomic E-state index is 17.1. The molecule has 74 heavy (non-hydrogen) atoms. The molecular weight excluding hydrogens is 950 g/mol. The quantitative estimate of drug-likeness (QED) is 0.113. The van der Waals surface area contributed by atoms with Gasteiger partial charge in [-0.15, -0.1) is 6.42 Å². The number of carbonyl (C=O) groups excluding carboxylic acids is 3. The molecule has 6 fully saturated rings. The van der Waals surface area contributed by atoms with E-state index in [9.17, 15) is 19.5 Å². The highest BCUT2D eigenvalue weighted by Gasteiger charge is 2.41. The van der Waals surface area contributed by atoms with Crippen LogP contribution in [0.4, 0.5) is 29.5 Å². The summed E-state index contributed by atoms with van der Waals surface area (Å²) < 4.78 is 53.7. The van der Waals surface area contributed by atoms with E-state index >= 15 is 13.2 Å². The second-order valence-electron chi connectivity index (χ2n) is 21.8. The van der Waals surface area contributed by atoms with Crippen LogP contribution in [0, 0.1) is 54.0 Å². The molecule has 5 saturated heterocycles. The van der Waals surface area contributed by atoms with Crippen molar-refractivity contribution in [3.63, 3.8) is 0 Å².